The van der Waals surface area contributed by atoms with E-state index in [1.807, 2.05) is 0 Å². The molecule has 0 aliphatic carbocycles. The van der Waals surface area contributed by atoms with Crippen LogP contribution in [-0.4, -0.2) is 35.1 Å². The van der Waals surface area contributed by atoms with E-state index in [1.165, 1.54) is 57.9 Å². The van der Waals surface area contributed by atoms with Crippen molar-refractivity contribution in [3.63, 3.8) is 0 Å². The Morgan fingerprint density at radius 1 is 0.947 bits per heavy atom. The lowest BCUT2D eigenvalue weighted by Gasteiger charge is -2.51. The third-order valence-corrected chi connectivity index (χ3v) is 5.94. The maximum Gasteiger partial charge on any atom is 0.0207 e. The molecule has 0 aromatic heterocycles. The SMILES string of the molecule is CCCNC1CC2CCC(C1)N2C(CC)(CC)CC. The molecule has 0 saturated carbocycles. The molecule has 0 amide bonds. The average molecular weight is 266 g/mol. The van der Waals surface area contributed by atoms with Gasteiger partial charge in [-0.3, -0.25) is 4.90 Å². The zero-order valence-electron chi connectivity index (χ0n) is 13.5. The lowest BCUT2D eigenvalue weighted by Crippen LogP contribution is -2.59. The number of fused-ring (bicyclic) bond motifs is 2. The van der Waals surface area contributed by atoms with E-state index >= 15 is 0 Å². The van der Waals surface area contributed by atoms with Gasteiger partial charge in [0.25, 0.3) is 0 Å². The molecule has 19 heavy (non-hydrogen) atoms. The minimum absolute atomic E-state index is 0.488. The van der Waals surface area contributed by atoms with Gasteiger partial charge < -0.3 is 5.32 Å². The van der Waals surface area contributed by atoms with E-state index in [-0.39, 0.29) is 0 Å². The van der Waals surface area contributed by atoms with Gasteiger partial charge in [0.05, 0.1) is 0 Å². The van der Waals surface area contributed by atoms with E-state index < -0.39 is 0 Å². The highest BCUT2D eigenvalue weighted by atomic mass is 15.3. The summed E-state index contributed by atoms with van der Waals surface area (Å²) in [4.78, 5) is 2.96. The summed E-state index contributed by atoms with van der Waals surface area (Å²) in [6.07, 6.45) is 10.9. The van der Waals surface area contributed by atoms with Gasteiger partial charge in [0.15, 0.2) is 0 Å². The van der Waals surface area contributed by atoms with Crippen LogP contribution < -0.4 is 5.32 Å². The summed E-state index contributed by atoms with van der Waals surface area (Å²) in [6, 6.07) is 2.50. The van der Waals surface area contributed by atoms with E-state index in [4.69, 9.17) is 0 Å². The summed E-state index contributed by atoms with van der Waals surface area (Å²) in [5, 5.41) is 3.77. The quantitative estimate of drug-likeness (QED) is 0.750. The van der Waals surface area contributed by atoms with E-state index in [0.717, 1.165) is 18.1 Å². The van der Waals surface area contributed by atoms with Crippen LogP contribution in [0.1, 0.15) is 79.1 Å². The van der Waals surface area contributed by atoms with Crippen molar-refractivity contribution in [2.75, 3.05) is 6.54 Å². The van der Waals surface area contributed by atoms with Crippen molar-refractivity contribution in [2.45, 2.75) is 103 Å². The lowest BCUT2D eigenvalue weighted by atomic mass is 9.82. The van der Waals surface area contributed by atoms with Gasteiger partial charge >= 0.3 is 0 Å². The molecule has 2 heterocycles. The van der Waals surface area contributed by atoms with Gasteiger partial charge in [0, 0.05) is 23.7 Å². The molecule has 1 N–H and O–H groups in total. The molecule has 2 saturated heterocycles. The Morgan fingerprint density at radius 2 is 1.47 bits per heavy atom. The standard InChI is InChI=1S/C17H34N2/c1-5-11-18-14-12-15-9-10-16(13-14)19(15)17(6-2,7-3)8-4/h14-16,18H,5-13H2,1-4H3. The second kappa shape index (κ2) is 6.58. The Kier molecular flexibility index (Phi) is 5.30. The molecular formula is C17H34N2. The first kappa shape index (κ1) is 15.3. The summed E-state index contributed by atoms with van der Waals surface area (Å²) in [7, 11) is 0. The van der Waals surface area contributed by atoms with Crippen LogP contribution in [-0.2, 0) is 0 Å². The van der Waals surface area contributed by atoms with Gasteiger partial charge in [0.1, 0.15) is 0 Å². The highest BCUT2D eigenvalue weighted by Crippen LogP contribution is 2.44. The fourth-order valence-corrected chi connectivity index (χ4v) is 4.76. The molecule has 0 spiro atoms. The topological polar surface area (TPSA) is 15.3 Å². The van der Waals surface area contributed by atoms with E-state index in [1.54, 1.807) is 0 Å². The lowest BCUT2D eigenvalue weighted by molar-refractivity contribution is -0.00895. The van der Waals surface area contributed by atoms with Crippen molar-refractivity contribution < 1.29 is 0 Å². The number of nitrogens with zero attached hydrogens (tertiary/aromatic N) is 1. The summed E-state index contributed by atoms with van der Waals surface area (Å²) >= 11 is 0. The molecule has 2 rings (SSSR count). The summed E-state index contributed by atoms with van der Waals surface area (Å²) in [5.74, 6) is 0. The highest BCUT2D eigenvalue weighted by molar-refractivity contribution is 5.04. The van der Waals surface area contributed by atoms with Crippen LogP contribution in [0.2, 0.25) is 0 Å². The molecule has 2 aliphatic heterocycles. The second-order valence-corrected chi connectivity index (χ2v) is 6.70. The van der Waals surface area contributed by atoms with E-state index in [2.05, 4.69) is 37.9 Å². The van der Waals surface area contributed by atoms with E-state index in [0.29, 0.717) is 5.54 Å². The first-order chi connectivity index (χ1) is 9.20. The van der Waals surface area contributed by atoms with Crippen LogP contribution in [0.15, 0.2) is 0 Å². The van der Waals surface area contributed by atoms with Gasteiger partial charge in [-0.25, -0.2) is 0 Å². The fraction of sp³-hybridized carbons (Fsp3) is 1.00. The highest BCUT2D eigenvalue weighted by Gasteiger charge is 2.48. The summed E-state index contributed by atoms with van der Waals surface area (Å²) in [6.45, 7) is 10.7. The first-order valence-electron chi connectivity index (χ1n) is 8.72. The minimum Gasteiger partial charge on any atom is -0.314 e. The van der Waals surface area contributed by atoms with Crippen LogP contribution in [0, 0.1) is 0 Å². The maximum absolute atomic E-state index is 3.77. The van der Waals surface area contributed by atoms with Crippen molar-refractivity contribution in [1.82, 2.24) is 10.2 Å². The molecule has 0 radical (unpaired) electrons. The van der Waals surface area contributed by atoms with Crippen molar-refractivity contribution in [3.05, 3.63) is 0 Å². The predicted molar refractivity (Wildman–Crippen MR) is 83.6 cm³/mol. The second-order valence-electron chi connectivity index (χ2n) is 6.70. The van der Waals surface area contributed by atoms with Gasteiger partial charge in [-0.1, -0.05) is 27.7 Å². The smallest absolute Gasteiger partial charge is 0.0207 e. The molecule has 0 aromatic carbocycles. The minimum atomic E-state index is 0.488. The van der Waals surface area contributed by atoms with Crippen LogP contribution in [0.4, 0.5) is 0 Å². The Labute approximate surface area is 120 Å². The molecule has 2 atom stereocenters. The number of hydrogen-bond donors (Lipinski definition) is 1. The number of hydrogen-bond acceptors (Lipinski definition) is 2. The third kappa shape index (κ3) is 2.85. The number of piperidine rings is 1. The third-order valence-electron chi connectivity index (χ3n) is 5.94. The fourth-order valence-electron chi connectivity index (χ4n) is 4.76. The molecule has 2 fully saturated rings. The zero-order chi connectivity index (χ0) is 13.9. The van der Waals surface area contributed by atoms with Crippen LogP contribution in [0.25, 0.3) is 0 Å². The number of rotatable bonds is 7. The largest absolute Gasteiger partial charge is 0.314 e. The van der Waals surface area contributed by atoms with Gasteiger partial charge in [-0.15, -0.1) is 0 Å². The molecule has 2 aliphatic rings. The Bertz CT molecular complexity index is 250. The molecule has 112 valence electrons. The van der Waals surface area contributed by atoms with Gasteiger partial charge in [-0.2, -0.15) is 0 Å². The maximum atomic E-state index is 3.77. The first-order valence-corrected chi connectivity index (χ1v) is 8.72. The number of nitrogens with one attached hydrogen (secondary N) is 1. The molecular weight excluding hydrogens is 232 g/mol. The average Bonchev–Trinajstić information content (AvgIpc) is 2.72. The predicted octanol–water partition coefficient (Wildman–Crippen LogP) is 3.95. The molecule has 2 unspecified atom stereocenters. The molecule has 2 bridgehead atoms. The summed E-state index contributed by atoms with van der Waals surface area (Å²) < 4.78 is 0. The van der Waals surface area contributed by atoms with Gasteiger partial charge in [0.2, 0.25) is 0 Å². The van der Waals surface area contributed by atoms with Crippen LogP contribution in [0.3, 0.4) is 0 Å². The Hall–Kier alpha value is -0.0800. The van der Waals surface area contributed by atoms with Crippen LogP contribution in [0.5, 0.6) is 0 Å². The monoisotopic (exact) mass is 266 g/mol. The van der Waals surface area contributed by atoms with Crippen molar-refractivity contribution >= 4 is 0 Å². The normalized spacial score (nSPS) is 31.9. The zero-order valence-corrected chi connectivity index (χ0v) is 13.5. The Balaban J connectivity index is 2.06. The van der Waals surface area contributed by atoms with Crippen molar-refractivity contribution in [3.8, 4) is 0 Å². The molecule has 2 heteroatoms. The van der Waals surface area contributed by atoms with E-state index in [9.17, 15) is 0 Å². The molecule has 2 nitrogen and oxygen atoms in total. The Morgan fingerprint density at radius 3 is 1.89 bits per heavy atom. The molecule has 0 aromatic rings. The van der Waals surface area contributed by atoms with Crippen molar-refractivity contribution in [1.29, 1.82) is 0 Å². The van der Waals surface area contributed by atoms with Crippen LogP contribution >= 0.6 is 0 Å². The van der Waals surface area contributed by atoms with Gasteiger partial charge in [-0.05, 0) is 57.9 Å². The van der Waals surface area contributed by atoms with Crippen molar-refractivity contribution in [2.24, 2.45) is 0 Å². The summed E-state index contributed by atoms with van der Waals surface area (Å²) in [5.41, 5.74) is 0.488.